The summed E-state index contributed by atoms with van der Waals surface area (Å²) in [7, 11) is 0. The molecular weight excluding hydrogens is 289 g/mol. The largest absolute Gasteiger partial charge is 0.478 e. The summed E-state index contributed by atoms with van der Waals surface area (Å²) in [6.45, 7) is -0.758. The van der Waals surface area contributed by atoms with Crippen molar-refractivity contribution in [2.45, 2.75) is 12.0 Å². The van der Waals surface area contributed by atoms with E-state index >= 15 is 0 Å². The first-order valence-electron chi connectivity index (χ1n) is 5.69. The first-order valence-corrected chi connectivity index (χ1v) is 5.69. The standard InChI is InChI=1S/C14H9F3O4/c1-2-7-20-13(14(15,16)17)10(12(18)19)8-9-5-3-4-6-11(9)21-13/h1,3-6,8H,7H2,(H,18,19). The van der Waals surface area contributed by atoms with Gasteiger partial charge in [0.25, 0.3) is 0 Å². The number of hydrogen-bond donors (Lipinski definition) is 1. The third kappa shape index (κ3) is 2.45. The molecule has 0 saturated carbocycles. The van der Waals surface area contributed by atoms with Crippen LogP contribution in [0.4, 0.5) is 13.2 Å². The summed E-state index contributed by atoms with van der Waals surface area (Å²) < 4.78 is 49.7. The average molecular weight is 298 g/mol. The topological polar surface area (TPSA) is 55.8 Å². The van der Waals surface area contributed by atoms with Crippen LogP contribution in [0.1, 0.15) is 5.56 Å². The highest BCUT2D eigenvalue weighted by molar-refractivity contribution is 5.95. The second-order valence-electron chi connectivity index (χ2n) is 4.11. The van der Waals surface area contributed by atoms with Crippen LogP contribution >= 0.6 is 0 Å². The van der Waals surface area contributed by atoms with Gasteiger partial charge in [0.2, 0.25) is 0 Å². The number of para-hydroxylation sites is 1. The highest BCUT2D eigenvalue weighted by Crippen LogP contribution is 2.46. The Morgan fingerprint density at radius 1 is 1.43 bits per heavy atom. The molecule has 1 aromatic carbocycles. The number of halogens is 3. The average Bonchev–Trinajstić information content (AvgIpc) is 2.42. The van der Waals surface area contributed by atoms with E-state index in [4.69, 9.17) is 16.3 Å². The molecule has 7 heteroatoms. The van der Waals surface area contributed by atoms with Gasteiger partial charge in [0, 0.05) is 5.56 Å². The third-order valence-corrected chi connectivity index (χ3v) is 2.79. The van der Waals surface area contributed by atoms with E-state index < -0.39 is 30.1 Å². The van der Waals surface area contributed by atoms with E-state index in [1.165, 1.54) is 18.2 Å². The normalized spacial score (nSPS) is 20.8. The molecule has 0 spiro atoms. The minimum absolute atomic E-state index is 0.142. The predicted octanol–water partition coefficient (Wildman–Crippen LogP) is 2.46. The van der Waals surface area contributed by atoms with Crippen molar-refractivity contribution < 1.29 is 32.5 Å². The molecule has 2 rings (SSSR count). The van der Waals surface area contributed by atoms with E-state index in [0.717, 1.165) is 6.08 Å². The number of carboxylic acids is 1. The Balaban J connectivity index is 2.64. The number of carboxylic acid groups (broad SMARTS) is 1. The fourth-order valence-corrected chi connectivity index (χ4v) is 1.90. The molecule has 0 amide bonds. The summed E-state index contributed by atoms with van der Waals surface area (Å²) in [6, 6.07) is 5.71. The maximum absolute atomic E-state index is 13.4. The van der Waals surface area contributed by atoms with Crippen molar-refractivity contribution in [2.75, 3.05) is 6.61 Å². The van der Waals surface area contributed by atoms with E-state index in [9.17, 15) is 18.0 Å². The Hall–Kier alpha value is -2.46. The van der Waals surface area contributed by atoms with Crippen LogP contribution < -0.4 is 4.74 Å². The van der Waals surface area contributed by atoms with Crippen LogP contribution in [0.5, 0.6) is 5.75 Å². The number of ether oxygens (including phenoxy) is 2. The van der Waals surface area contributed by atoms with Crippen molar-refractivity contribution >= 4 is 12.0 Å². The van der Waals surface area contributed by atoms with Crippen molar-refractivity contribution in [3.8, 4) is 18.1 Å². The van der Waals surface area contributed by atoms with E-state index in [-0.39, 0.29) is 11.3 Å². The van der Waals surface area contributed by atoms with Gasteiger partial charge in [0.15, 0.2) is 0 Å². The van der Waals surface area contributed by atoms with Gasteiger partial charge < -0.3 is 14.6 Å². The van der Waals surface area contributed by atoms with Crippen molar-refractivity contribution in [1.29, 1.82) is 0 Å². The monoisotopic (exact) mass is 298 g/mol. The molecule has 1 heterocycles. The number of rotatable bonds is 3. The molecule has 1 aliphatic heterocycles. The smallest absolute Gasteiger partial charge is 0.460 e. The summed E-state index contributed by atoms with van der Waals surface area (Å²) >= 11 is 0. The summed E-state index contributed by atoms with van der Waals surface area (Å²) in [6.07, 6.45) is 0.642. The lowest BCUT2D eigenvalue weighted by molar-refractivity contribution is -0.330. The van der Waals surface area contributed by atoms with Crippen LogP contribution in [0.15, 0.2) is 29.8 Å². The molecule has 1 unspecified atom stereocenters. The number of terminal acetylenes is 1. The second-order valence-corrected chi connectivity index (χ2v) is 4.11. The molecule has 1 N–H and O–H groups in total. The zero-order valence-electron chi connectivity index (χ0n) is 10.5. The van der Waals surface area contributed by atoms with Gasteiger partial charge in [-0.3, -0.25) is 0 Å². The molecule has 0 fully saturated rings. The molecule has 0 bridgehead atoms. The van der Waals surface area contributed by atoms with E-state index in [2.05, 4.69) is 4.74 Å². The molecule has 1 atom stereocenters. The van der Waals surface area contributed by atoms with Crippen molar-refractivity contribution in [3.05, 3.63) is 35.4 Å². The van der Waals surface area contributed by atoms with Crippen LogP contribution in [0, 0.1) is 12.3 Å². The molecular formula is C14H9F3O4. The number of benzene rings is 1. The van der Waals surface area contributed by atoms with Gasteiger partial charge in [-0.1, -0.05) is 24.1 Å². The number of aliphatic carboxylic acids is 1. The highest BCUT2D eigenvalue weighted by atomic mass is 19.4. The van der Waals surface area contributed by atoms with Crippen LogP contribution in [-0.2, 0) is 9.53 Å². The summed E-state index contributed by atoms with van der Waals surface area (Å²) in [5, 5.41) is 9.08. The molecule has 21 heavy (non-hydrogen) atoms. The number of carbonyl (C=O) groups is 1. The lowest BCUT2D eigenvalue weighted by Gasteiger charge is -2.38. The third-order valence-electron chi connectivity index (χ3n) is 2.79. The van der Waals surface area contributed by atoms with Crippen molar-refractivity contribution in [2.24, 2.45) is 0 Å². The van der Waals surface area contributed by atoms with Gasteiger partial charge in [-0.15, -0.1) is 6.42 Å². The van der Waals surface area contributed by atoms with Gasteiger partial charge in [0.1, 0.15) is 17.9 Å². The Bertz CT molecular complexity index is 642. The van der Waals surface area contributed by atoms with Crippen LogP contribution in [0.2, 0.25) is 0 Å². The lowest BCUT2D eigenvalue weighted by atomic mass is 9.98. The van der Waals surface area contributed by atoms with E-state index in [0.29, 0.717) is 0 Å². The van der Waals surface area contributed by atoms with Crippen molar-refractivity contribution in [1.82, 2.24) is 0 Å². The maximum atomic E-state index is 13.4. The zero-order chi connectivity index (χ0) is 15.7. The van der Waals surface area contributed by atoms with Crippen LogP contribution in [-0.4, -0.2) is 29.6 Å². The molecule has 110 valence electrons. The minimum Gasteiger partial charge on any atom is -0.478 e. The molecule has 4 nitrogen and oxygen atoms in total. The van der Waals surface area contributed by atoms with E-state index in [1.54, 1.807) is 6.07 Å². The van der Waals surface area contributed by atoms with Crippen LogP contribution in [0.3, 0.4) is 0 Å². The van der Waals surface area contributed by atoms with Gasteiger partial charge in [-0.25, -0.2) is 4.79 Å². The fourth-order valence-electron chi connectivity index (χ4n) is 1.90. The molecule has 1 aliphatic rings. The molecule has 1 aromatic rings. The Labute approximate surface area is 117 Å². The zero-order valence-corrected chi connectivity index (χ0v) is 10.5. The van der Waals surface area contributed by atoms with E-state index in [1.807, 2.05) is 5.92 Å². The quantitative estimate of drug-likeness (QED) is 0.871. The number of hydrogen-bond acceptors (Lipinski definition) is 3. The Morgan fingerprint density at radius 3 is 2.67 bits per heavy atom. The lowest BCUT2D eigenvalue weighted by Crippen LogP contribution is -2.57. The van der Waals surface area contributed by atoms with Crippen molar-refractivity contribution in [3.63, 3.8) is 0 Å². The van der Waals surface area contributed by atoms with Gasteiger partial charge in [-0.05, 0) is 12.1 Å². The number of fused-ring (bicyclic) bond motifs is 1. The molecule has 0 saturated heterocycles. The fraction of sp³-hybridized carbons (Fsp3) is 0.214. The maximum Gasteiger partial charge on any atom is 0.460 e. The first-order chi connectivity index (χ1) is 9.82. The Morgan fingerprint density at radius 2 is 2.10 bits per heavy atom. The van der Waals surface area contributed by atoms with Crippen LogP contribution in [0.25, 0.3) is 6.08 Å². The van der Waals surface area contributed by atoms with Gasteiger partial charge in [0.05, 0.1) is 0 Å². The highest BCUT2D eigenvalue weighted by Gasteiger charge is 2.65. The van der Waals surface area contributed by atoms with Gasteiger partial charge >= 0.3 is 17.9 Å². The second kappa shape index (κ2) is 5.14. The molecule has 0 aromatic heterocycles. The predicted molar refractivity (Wildman–Crippen MR) is 66.3 cm³/mol. The summed E-state index contributed by atoms with van der Waals surface area (Å²) in [4.78, 5) is 11.2. The first kappa shape index (κ1) is 14.9. The number of alkyl halides is 3. The molecule has 0 aliphatic carbocycles. The summed E-state index contributed by atoms with van der Waals surface area (Å²) in [5.41, 5.74) is -0.872. The Kier molecular flexibility index (Phi) is 3.66. The SMILES string of the molecule is C#CCOC1(C(F)(F)F)Oc2ccccc2C=C1C(=O)O. The minimum atomic E-state index is -5.12. The summed E-state index contributed by atoms with van der Waals surface area (Å²) in [5.74, 6) is -3.51. The van der Waals surface area contributed by atoms with Gasteiger partial charge in [-0.2, -0.15) is 13.2 Å². The molecule has 0 radical (unpaired) electrons.